The number of rotatable bonds is 36. The summed E-state index contributed by atoms with van der Waals surface area (Å²) in [7, 11) is 1.42. The lowest BCUT2D eigenvalue weighted by Gasteiger charge is -2.24. The summed E-state index contributed by atoms with van der Waals surface area (Å²) >= 11 is 0. The van der Waals surface area contributed by atoms with Crippen LogP contribution >= 0.6 is 7.82 Å². The highest BCUT2D eigenvalue weighted by Crippen LogP contribution is 2.43. The molecule has 0 spiro atoms. The van der Waals surface area contributed by atoms with E-state index in [1.54, 1.807) is 0 Å². The van der Waals surface area contributed by atoms with Crippen LogP contribution < -0.4 is 0 Å². The summed E-state index contributed by atoms with van der Waals surface area (Å²) < 4.78 is 34.2. The number of phosphoric acid groups is 1. The Bertz CT molecular complexity index is 1270. The molecule has 1 N–H and O–H groups in total. The molecule has 0 aromatic carbocycles. The molecule has 0 aliphatic heterocycles. The third-order valence-corrected chi connectivity index (χ3v) is 9.19. The summed E-state index contributed by atoms with van der Waals surface area (Å²) in [6.45, 7) is 4.06. The average Bonchev–Trinajstić information content (AvgIpc) is 3.15. The van der Waals surface area contributed by atoms with Gasteiger partial charge in [0.1, 0.15) is 19.8 Å². The third kappa shape index (κ3) is 40.6. The van der Waals surface area contributed by atoms with E-state index in [0.717, 1.165) is 89.9 Å². The first-order valence-electron chi connectivity index (χ1n) is 21.0. The Morgan fingerprint density at radius 3 is 1.66 bits per heavy atom. The number of phosphoric ester groups is 1. The molecule has 0 aliphatic carbocycles. The van der Waals surface area contributed by atoms with Crippen molar-refractivity contribution >= 4 is 19.8 Å². The monoisotopic (exact) mass is 803 g/mol. The summed E-state index contributed by atoms with van der Waals surface area (Å²) in [6.07, 6.45) is 48.9. The maximum Gasteiger partial charge on any atom is 0.472 e. The summed E-state index contributed by atoms with van der Waals surface area (Å²) in [5.74, 6) is -0.873. The number of carbonyl (C=O) groups is 2. The first-order valence-corrected chi connectivity index (χ1v) is 22.5. The largest absolute Gasteiger partial charge is 0.472 e. The van der Waals surface area contributed by atoms with Gasteiger partial charge in [-0.1, -0.05) is 143 Å². The van der Waals surface area contributed by atoms with Gasteiger partial charge in [0.2, 0.25) is 0 Å². The van der Waals surface area contributed by atoms with E-state index in [0.29, 0.717) is 23.9 Å². The highest BCUT2D eigenvalue weighted by Gasteiger charge is 2.27. The van der Waals surface area contributed by atoms with E-state index >= 15 is 0 Å². The Kier molecular flexibility index (Phi) is 35.4. The van der Waals surface area contributed by atoms with Crippen molar-refractivity contribution in [3.8, 4) is 0 Å². The van der Waals surface area contributed by atoms with Gasteiger partial charge in [0, 0.05) is 12.8 Å². The molecule has 0 aromatic heterocycles. The maximum atomic E-state index is 12.6. The lowest BCUT2D eigenvalue weighted by Crippen LogP contribution is -2.37. The zero-order valence-electron chi connectivity index (χ0n) is 35.6. The predicted octanol–water partition coefficient (Wildman–Crippen LogP) is 11.8. The smallest absolute Gasteiger partial charge is 0.462 e. The van der Waals surface area contributed by atoms with Crippen molar-refractivity contribution in [2.24, 2.45) is 0 Å². The molecule has 0 aliphatic rings. The number of carbonyl (C=O) groups excluding carboxylic acids is 2. The highest BCUT2D eigenvalue weighted by molar-refractivity contribution is 7.47. The first-order chi connectivity index (χ1) is 27.0. The second-order valence-electron chi connectivity index (χ2n) is 14.7. The van der Waals surface area contributed by atoms with Crippen molar-refractivity contribution in [1.82, 2.24) is 0 Å². The summed E-state index contributed by atoms with van der Waals surface area (Å²) in [4.78, 5) is 35.3. The van der Waals surface area contributed by atoms with E-state index < -0.39 is 32.5 Å². The second kappa shape index (κ2) is 37.5. The van der Waals surface area contributed by atoms with Crippen molar-refractivity contribution in [2.75, 3.05) is 47.5 Å². The second-order valence-corrected chi connectivity index (χ2v) is 16.2. The molecule has 0 bridgehead atoms. The Labute approximate surface area is 341 Å². The number of hydrogen-bond donors (Lipinski definition) is 1. The molecule has 2 unspecified atom stereocenters. The quantitative estimate of drug-likeness (QED) is 0.0167. The molecule has 318 valence electrons. The van der Waals surface area contributed by atoms with Crippen LogP contribution in [0.15, 0.2) is 97.2 Å². The van der Waals surface area contributed by atoms with Crippen LogP contribution in [0.25, 0.3) is 0 Å². The van der Waals surface area contributed by atoms with Crippen LogP contribution in [0.1, 0.15) is 129 Å². The summed E-state index contributed by atoms with van der Waals surface area (Å²) in [6, 6.07) is 0. The number of allylic oxidation sites excluding steroid dienone is 16. The molecule has 0 saturated carbocycles. The van der Waals surface area contributed by atoms with Crippen molar-refractivity contribution in [3.05, 3.63) is 97.2 Å². The molecule has 9 nitrogen and oxygen atoms in total. The van der Waals surface area contributed by atoms with E-state index in [2.05, 4.69) is 74.6 Å². The molecule has 0 aromatic rings. The molecule has 0 heterocycles. The highest BCUT2D eigenvalue weighted by atomic mass is 31.2. The van der Waals surface area contributed by atoms with Crippen molar-refractivity contribution in [2.45, 2.75) is 136 Å². The van der Waals surface area contributed by atoms with Crippen LogP contribution in [-0.2, 0) is 32.7 Å². The van der Waals surface area contributed by atoms with Gasteiger partial charge in [-0.3, -0.25) is 18.6 Å². The molecule has 0 fully saturated rings. The number of unbranched alkanes of at least 4 members (excludes halogenated alkanes) is 9. The third-order valence-electron chi connectivity index (χ3n) is 8.20. The zero-order valence-corrected chi connectivity index (χ0v) is 36.5. The number of likely N-dealkylation sites (N-methyl/N-ethyl adjacent to an activating group) is 1. The number of hydrogen-bond acceptors (Lipinski definition) is 7. The van der Waals surface area contributed by atoms with E-state index in [4.69, 9.17) is 18.5 Å². The molecule has 0 amide bonds. The molecule has 56 heavy (non-hydrogen) atoms. The number of nitrogens with zero attached hydrogens (tertiary/aromatic N) is 1. The maximum absolute atomic E-state index is 12.6. The Hall–Kier alpha value is -3.07. The summed E-state index contributed by atoms with van der Waals surface area (Å²) in [5, 5.41) is 0. The Morgan fingerprint density at radius 2 is 1.05 bits per heavy atom. The summed E-state index contributed by atoms with van der Waals surface area (Å²) in [5.41, 5.74) is 0. The number of quaternary nitrogens is 1. The molecule has 0 saturated heterocycles. The van der Waals surface area contributed by atoms with Crippen molar-refractivity contribution in [3.63, 3.8) is 0 Å². The van der Waals surface area contributed by atoms with Gasteiger partial charge in [-0.25, -0.2) is 4.57 Å². The molecular weight excluding hydrogens is 725 g/mol. The van der Waals surface area contributed by atoms with Crippen LogP contribution in [0.5, 0.6) is 0 Å². The molecule has 10 heteroatoms. The topological polar surface area (TPSA) is 108 Å². The fraction of sp³-hybridized carbons (Fsp3) is 0.609. The van der Waals surface area contributed by atoms with E-state index in [1.165, 1.54) is 0 Å². The molecule has 2 atom stereocenters. The van der Waals surface area contributed by atoms with Crippen molar-refractivity contribution in [1.29, 1.82) is 0 Å². The fourth-order valence-corrected chi connectivity index (χ4v) is 5.70. The first kappa shape index (κ1) is 52.9. The molecule has 0 radical (unpaired) electrons. The minimum Gasteiger partial charge on any atom is -0.462 e. The van der Waals surface area contributed by atoms with Crippen LogP contribution in [-0.4, -0.2) is 74.9 Å². The van der Waals surface area contributed by atoms with Crippen LogP contribution in [0.4, 0.5) is 0 Å². The number of ether oxygens (including phenoxy) is 2. The van der Waals surface area contributed by atoms with Gasteiger partial charge in [0.15, 0.2) is 6.10 Å². The molecule has 0 rings (SSSR count). The SMILES string of the molecule is CC/C=C/C=C/C=C/C=C/CCCCCC(=O)OC(COC(=O)CCCCCCCC/C=C/C/C=C/C/C=C/C/C=C/CC)COP(=O)(O)OCC[N+](C)(C)C. The van der Waals surface area contributed by atoms with Gasteiger partial charge in [-0.05, 0) is 70.6 Å². The van der Waals surface area contributed by atoms with E-state index in [9.17, 15) is 19.0 Å². The van der Waals surface area contributed by atoms with Gasteiger partial charge >= 0.3 is 19.8 Å². The minimum atomic E-state index is -4.39. The Balaban J connectivity index is 4.46. The minimum absolute atomic E-state index is 0.0151. The zero-order chi connectivity index (χ0) is 41.4. The van der Waals surface area contributed by atoms with E-state index in [-0.39, 0.29) is 26.1 Å². The van der Waals surface area contributed by atoms with Gasteiger partial charge in [0.05, 0.1) is 27.7 Å². The molecular formula is C46H77NO8P+. The lowest BCUT2D eigenvalue weighted by atomic mass is 10.1. The normalized spacial score (nSPS) is 14.6. The average molecular weight is 803 g/mol. The van der Waals surface area contributed by atoms with Gasteiger partial charge in [-0.2, -0.15) is 0 Å². The van der Waals surface area contributed by atoms with E-state index in [1.807, 2.05) is 57.6 Å². The van der Waals surface area contributed by atoms with Crippen LogP contribution in [0, 0.1) is 0 Å². The Morgan fingerprint density at radius 1 is 0.571 bits per heavy atom. The van der Waals surface area contributed by atoms with Crippen LogP contribution in [0.3, 0.4) is 0 Å². The predicted molar refractivity (Wildman–Crippen MR) is 233 cm³/mol. The van der Waals surface area contributed by atoms with Gasteiger partial charge < -0.3 is 18.9 Å². The van der Waals surface area contributed by atoms with Crippen LogP contribution in [0.2, 0.25) is 0 Å². The fourth-order valence-electron chi connectivity index (χ4n) is 4.95. The number of esters is 2. The van der Waals surface area contributed by atoms with Gasteiger partial charge in [-0.15, -0.1) is 0 Å². The van der Waals surface area contributed by atoms with Gasteiger partial charge in [0.25, 0.3) is 0 Å². The lowest BCUT2D eigenvalue weighted by molar-refractivity contribution is -0.870. The standard InChI is InChI=1S/C46H76NO8P/c1-6-8-10-12-14-16-18-20-21-22-23-24-25-27-28-30-32-34-36-38-45(48)52-42-44(43-54-56(50,51)53-41-40-47(3,4)5)55-46(49)39-37-35-33-31-29-26-19-17-15-13-11-9-7-2/h8-11,13-17,19-21,23-24,26,29,44H,6-7,12,18,22,25,27-28,30-43H2,1-5H3/p+1/b10-8+,11-9+,15-13+,16-14+,19-17+,21-20+,24-23+,29-26+. The van der Waals surface area contributed by atoms with Crippen molar-refractivity contribution < 1.29 is 42.1 Å².